The Labute approximate surface area is 162 Å². The van der Waals surface area contributed by atoms with E-state index in [0.29, 0.717) is 0 Å². The molecule has 0 aliphatic heterocycles. The summed E-state index contributed by atoms with van der Waals surface area (Å²) in [6.45, 7) is 2.29. The van der Waals surface area contributed by atoms with Gasteiger partial charge in [0.2, 0.25) is 0 Å². The van der Waals surface area contributed by atoms with Gasteiger partial charge in [-0.2, -0.15) is 0 Å². The van der Waals surface area contributed by atoms with Crippen molar-refractivity contribution in [2.24, 2.45) is 0 Å². The zero-order chi connectivity index (χ0) is 17.9. The first-order chi connectivity index (χ1) is 11.7. The number of hydrogen-bond donors (Lipinski definition) is 4. The molecule has 0 aromatic heterocycles. The van der Waals surface area contributed by atoms with Crippen LogP contribution in [0.25, 0.3) is 0 Å². The van der Waals surface area contributed by atoms with Crippen LogP contribution in [-0.2, 0) is 0 Å². The van der Waals surface area contributed by atoms with Crippen molar-refractivity contribution < 1.29 is 15.3 Å². The first-order valence-electron chi connectivity index (χ1n) is 10.3. The summed E-state index contributed by atoms with van der Waals surface area (Å²) in [6.07, 6.45) is 18.7. The number of unbranched alkanes of at least 4 members (excludes halogenated alkanes) is 13. The standard InChI is InChI=1S/C20H43NO3.ClH/c1-2-3-4-5-6-7-8-9-10-11-12-13-14-15-16-21-20(17-22,18-23)19-24;/h21-24H,2-19H2,1H3;1H. The topological polar surface area (TPSA) is 72.7 Å². The zero-order valence-corrected chi connectivity index (χ0v) is 17.3. The lowest BCUT2D eigenvalue weighted by atomic mass is 10.0. The predicted molar refractivity (Wildman–Crippen MR) is 110 cm³/mol. The molecule has 0 saturated carbocycles. The number of rotatable bonds is 19. The highest BCUT2D eigenvalue weighted by molar-refractivity contribution is 5.85. The molecule has 0 spiro atoms. The maximum Gasteiger partial charge on any atom is 0.0881 e. The molecule has 25 heavy (non-hydrogen) atoms. The number of aliphatic hydroxyl groups is 3. The summed E-state index contributed by atoms with van der Waals surface area (Å²) in [7, 11) is 0. The van der Waals surface area contributed by atoms with Crippen molar-refractivity contribution >= 4 is 12.4 Å². The van der Waals surface area contributed by atoms with E-state index in [-0.39, 0.29) is 32.2 Å². The first kappa shape index (κ1) is 27.3. The third-order valence-electron chi connectivity index (χ3n) is 4.94. The Morgan fingerprint density at radius 3 is 1.20 bits per heavy atom. The lowest BCUT2D eigenvalue weighted by Crippen LogP contribution is -2.55. The maximum absolute atomic E-state index is 9.21. The molecule has 0 heterocycles. The third-order valence-corrected chi connectivity index (χ3v) is 4.94. The fourth-order valence-corrected chi connectivity index (χ4v) is 2.99. The highest BCUT2D eigenvalue weighted by Crippen LogP contribution is 2.13. The van der Waals surface area contributed by atoms with Crippen molar-refractivity contribution in [3.63, 3.8) is 0 Å². The average Bonchev–Trinajstić information content (AvgIpc) is 2.62. The number of hydrogen-bond acceptors (Lipinski definition) is 4. The van der Waals surface area contributed by atoms with Gasteiger partial charge in [0.15, 0.2) is 0 Å². The Balaban J connectivity index is 0. The summed E-state index contributed by atoms with van der Waals surface area (Å²) in [5.41, 5.74) is -0.920. The van der Waals surface area contributed by atoms with E-state index < -0.39 is 5.54 Å². The minimum Gasteiger partial charge on any atom is -0.394 e. The zero-order valence-electron chi connectivity index (χ0n) is 16.5. The Bertz CT molecular complexity index is 243. The molecule has 0 aliphatic carbocycles. The van der Waals surface area contributed by atoms with Gasteiger partial charge in [0.1, 0.15) is 0 Å². The Hall–Kier alpha value is 0.130. The van der Waals surface area contributed by atoms with Crippen LogP contribution in [0.15, 0.2) is 0 Å². The molecule has 0 radical (unpaired) electrons. The van der Waals surface area contributed by atoms with Gasteiger partial charge in [-0.05, 0) is 13.0 Å². The van der Waals surface area contributed by atoms with E-state index >= 15 is 0 Å². The van der Waals surface area contributed by atoms with Crippen LogP contribution < -0.4 is 5.32 Å². The van der Waals surface area contributed by atoms with Gasteiger partial charge >= 0.3 is 0 Å². The summed E-state index contributed by atoms with van der Waals surface area (Å²) in [5.74, 6) is 0. The number of nitrogens with one attached hydrogen (secondary N) is 1. The van der Waals surface area contributed by atoms with Gasteiger partial charge in [-0.3, -0.25) is 0 Å². The normalized spacial score (nSPS) is 11.5. The molecule has 4 N–H and O–H groups in total. The van der Waals surface area contributed by atoms with E-state index in [2.05, 4.69) is 12.2 Å². The summed E-state index contributed by atoms with van der Waals surface area (Å²) >= 11 is 0. The summed E-state index contributed by atoms with van der Waals surface area (Å²) < 4.78 is 0. The summed E-state index contributed by atoms with van der Waals surface area (Å²) in [4.78, 5) is 0. The number of halogens is 1. The monoisotopic (exact) mass is 381 g/mol. The van der Waals surface area contributed by atoms with Crippen LogP contribution in [0.4, 0.5) is 0 Å². The maximum atomic E-state index is 9.21. The van der Waals surface area contributed by atoms with Crippen LogP contribution in [0.1, 0.15) is 96.8 Å². The second-order valence-electron chi connectivity index (χ2n) is 7.28. The smallest absolute Gasteiger partial charge is 0.0881 e. The molecule has 0 aromatic rings. The van der Waals surface area contributed by atoms with Gasteiger partial charge in [0, 0.05) is 0 Å². The van der Waals surface area contributed by atoms with E-state index in [0.717, 1.165) is 13.0 Å². The van der Waals surface area contributed by atoms with Gasteiger partial charge in [-0.25, -0.2) is 0 Å². The van der Waals surface area contributed by atoms with E-state index in [1.54, 1.807) is 0 Å². The third kappa shape index (κ3) is 16.1. The molecule has 0 aromatic carbocycles. The van der Waals surface area contributed by atoms with Gasteiger partial charge in [-0.1, -0.05) is 90.4 Å². The van der Waals surface area contributed by atoms with E-state index in [1.165, 1.54) is 83.5 Å². The molecule has 5 heteroatoms. The van der Waals surface area contributed by atoms with E-state index in [4.69, 9.17) is 0 Å². The van der Waals surface area contributed by atoms with Gasteiger partial charge in [0.25, 0.3) is 0 Å². The van der Waals surface area contributed by atoms with Crippen LogP contribution in [0.5, 0.6) is 0 Å². The molecular weight excluding hydrogens is 338 g/mol. The Kier molecular flexibility index (Phi) is 22.4. The van der Waals surface area contributed by atoms with Crippen molar-refractivity contribution in [3.05, 3.63) is 0 Å². The largest absolute Gasteiger partial charge is 0.394 e. The Morgan fingerprint density at radius 1 is 0.560 bits per heavy atom. The predicted octanol–water partition coefficient (Wildman–Crippen LogP) is 4.19. The quantitative estimate of drug-likeness (QED) is 0.253. The summed E-state index contributed by atoms with van der Waals surface area (Å²) in [5, 5.41) is 30.7. The lowest BCUT2D eigenvalue weighted by Gasteiger charge is -2.28. The van der Waals surface area contributed by atoms with Crippen LogP contribution >= 0.6 is 12.4 Å². The molecular formula is C20H44ClNO3. The lowest BCUT2D eigenvalue weighted by molar-refractivity contribution is 0.0425. The highest BCUT2D eigenvalue weighted by Gasteiger charge is 2.26. The average molecular weight is 382 g/mol. The minimum atomic E-state index is -0.920. The minimum absolute atomic E-state index is 0. The van der Waals surface area contributed by atoms with Crippen LogP contribution in [-0.4, -0.2) is 47.2 Å². The second-order valence-corrected chi connectivity index (χ2v) is 7.28. The van der Waals surface area contributed by atoms with Crippen LogP contribution in [0.3, 0.4) is 0 Å². The SMILES string of the molecule is CCCCCCCCCCCCCCCCNC(CO)(CO)CO.Cl. The molecule has 0 saturated heterocycles. The van der Waals surface area contributed by atoms with Gasteiger partial charge < -0.3 is 20.6 Å². The molecule has 0 fully saturated rings. The fourth-order valence-electron chi connectivity index (χ4n) is 2.99. The first-order valence-corrected chi connectivity index (χ1v) is 10.3. The Morgan fingerprint density at radius 2 is 0.880 bits per heavy atom. The molecule has 0 rings (SSSR count). The summed E-state index contributed by atoms with van der Waals surface area (Å²) in [6, 6.07) is 0. The molecule has 0 unspecified atom stereocenters. The van der Waals surface area contributed by atoms with Crippen LogP contribution in [0, 0.1) is 0 Å². The van der Waals surface area contributed by atoms with Gasteiger partial charge in [0.05, 0.1) is 25.4 Å². The number of aliphatic hydroxyl groups excluding tert-OH is 3. The van der Waals surface area contributed by atoms with Crippen LogP contribution in [0.2, 0.25) is 0 Å². The molecule has 154 valence electrons. The van der Waals surface area contributed by atoms with Crippen molar-refractivity contribution in [3.8, 4) is 0 Å². The molecule has 0 bridgehead atoms. The fraction of sp³-hybridized carbons (Fsp3) is 1.00. The van der Waals surface area contributed by atoms with Crippen molar-refractivity contribution in [1.29, 1.82) is 0 Å². The van der Waals surface area contributed by atoms with E-state index in [1.807, 2.05) is 0 Å². The van der Waals surface area contributed by atoms with Crippen molar-refractivity contribution in [2.45, 2.75) is 102 Å². The van der Waals surface area contributed by atoms with Crippen molar-refractivity contribution in [2.75, 3.05) is 26.4 Å². The molecule has 0 atom stereocenters. The highest BCUT2D eigenvalue weighted by atomic mass is 35.5. The molecule has 0 aliphatic rings. The van der Waals surface area contributed by atoms with E-state index in [9.17, 15) is 15.3 Å². The molecule has 4 nitrogen and oxygen atoms in total. The second kappa shape index (κ2) is 20.4. The van der Waals surface area contributed by atoms with Crippen molar-refractivity contribution in [1.82, 2.24) is 5.32 Å². The molecule has 0 amide bonds. The van der Waals surface area contributed by atoms with Gasteiger partial charge in [-0.15, -0.1) is 12.4 Å².